The molecule has 3 unspecified atom stereocenters. The molecule has 1 fully saturated rings. The Morgan fingerprint density at radius 2 is 2.21 bits per heavy atom. The summed E-state index contributed by atoms with van der Waals surface area (Å²) in [5, 5.41) is 9.81. The number of rotatable bonds is 4. The summed E-state index contributed by atoms with van der Waals surface area (Å²) in [6, 6.07) is 0. The smallest absolute Gasteiger partial charge is 0.0616 e. The van der Waals surface area contributed by atoms with Gasteiger partial charge < -0.3 is 10.8 Å². The molecule has 14 heavy (non-hydrogen) atoms. The quantitative estimate of drug-likeness (QED) is 0.757. The van der Waals surface area contributed by atoms with E-state index in [1.165, 1.54) is 25.7 Å². The van der Waals surface area contributed by atoms with E-state index < -0.39 is 5.54 Å². The van der Waals surface area contributed by atoms with Crippen LogP contribution in [0.25, 0.3) is 0 Å². The van der Waals surface area contributed by atoms with E-state index in [0.29, 0.717) is 0 Å². The van der Waals surface area contributed by atoms with Gasteiger partial charge in [0.2, 0.25) is 0 Å². The number of aliphatic hydroxyl groups excluding tert-OH is 1. The number of thioether (sulfide) groups is 1. The van der Waals surface area contributed by atoms with Gasteiger partial charge in [0.05, 0.1) is 6.61 Å². The van der Waals surface area contributed by atoms with Crippen molar-refractivity contribution in [2.75, 3.05) is 12.4 Å². The van der Waals surface area contributed by atoms with E-state index >= 15 is 0 Å². The van der Waals surface area contributed by atoms with E-state index in [1.807, 2.05) is 18.7 Å². The number of hydrogen-bond donors (Lipinski definition) is 2. The zero-order valence-electron chi connectivity index (χ0n) is 9.33. The van der Waals surface area contributed by atoms with Crippen molar-refractivity contribution in [2.24, 2.45) is 11.7 Å². The molecule has 0 amide bonds. The fourth-order valence-corrected chi connectivity index (χ4v) is 3.39. The lowest BCUT2D eigenvalue weighted by Crippen LogP contribution is -2.43. The lowest BCUT2D eigenvalue weighted by atomic mass is 9.91. The van der Waals surface area contributed by atoms with Crippen molar-refractivity contribution in [2.45, 2.75) is 50.3 Å². The molecule has 1 rings (SSSR count). The standard InChI is InChI=1S/C11H23NOS/c1-9-4-3-5-10(6-9)14-8-11(2,12)7-13/h9-10,13H,3-8,12H2,1-2H3. The molecule has 2 nitrogen and oxygen atoms in total. The van der Waals surface area contributed by atoms with Crippen molar-refractivity contribution in [3.63, 3.8) is 0 Å². The molecule has 3 N–H and O–H groups in total. The van der Waals surface area contributed by atoms with Gasteiger partial charge in [-0.3, -0.25) is 0 Å². The van der Waals surface area contributed by atoms with Crippen LogP contribution in [-0.4, -0.2) is 28.3 Å². The van der Waals surface area contributed by atoms with Gasteiger partial charge in [0.25, 0.3) is 0 Å². The molecule has 0 aromatic carbocycles. The number of hydrogen-bond acceptors (Lipinski definition) is 3. The third-order valence-electron chi connectivity index (χ3n) is 2.90. The Hall–Kier alpha value is 0.270. The average molecular weight is 217 g/mol. The SMILES string of the molecule is CC1CCCC(SCC(C)(N)CO)C1. The normalized spacial score (nSPS) is 32.6. The molecule has 0 heterocycles. The number of aliphatic hydroxyl groups is 1. The fraction of sp³-hybridized carbons (Fsp3) is 1.00. The second kappa shape index (κ2) is 5.38. The summed E-state index contributed by atoms with van der Waals surface area (Å²) < 4.78 is 0. The third-order valence-corrected chi connectivity index (χ3v) is 4.62. The Kier molecular flexibility index (Phi) is 4.74. The topological polar surface area (TPSA) is 46.2 Å². The van der Waals surface area contributed by atoms with E-state index in [1.54, 1.807) is 0 Å². The summed E-state index contributed by atoms with van der Waals surface area (Å²) in [7, 11) is 0. The molecule has 0 radical (unpaired) electrons. The molecule has 0 aromatic rings. The molecule has 84 valence electrons. The van der Waals surface area contributed by atoms with Crippen molar-refractivity contribution in [1.29, 1.82) is 0 Å². The first-order chi connectivity index (χ1) is 6.53. The molecular weight excluding hydrogens is 194 g/mol. The molecule has 1 aliphatic rings. The van der Waals surface area contributed by atoms with Gasteiger partial charge in [-0.15, -0.1) is 0 Å². The second-order valence-electron chi connectivity index (χ2n) is 5.02. The summed E-state index contributed by atoms with van der Waals surface area (Å²) in [5.41, 5.74) is 5.50. The monoisotopic (exact) mass is 217 g/mol. The predicted molar refractivity (Wildman–Crippen MR) is 63.6 cm³/mol. The van der Waals surface area contributed by atoms with Gasteiger partial charge in [0, 0.05) is 16.5 Å². The van der Waals surface area contributed by atoms with Crippen LogP contribution in [0.2, 0.25) is 0 Å². The van der Waals surface area contributed by atoms with Gasteiger partial charge in [0.15, 0.2) is 0 Å². The maximum absolute atomic E-state index is 9.04. The van der Waals surface area contributed by atoms with Crippen LogP contribution in [0, 0.1) is 5.92 Å². The highest BCUT2D eigenvalue weighted by Gasteiger charge is 2.23. The van der Waals surface area contributed by atoms with Crippen LogP contribution < -0.4 is 5.73 Å². The van der Waals surface area contributed by atoms with Crippen molar-refractivity contribution >= 4 is 11.8 Å². The molecule has 1 saturated carbocycles. The average Bonchev–Trinajstić information content (AvgIpc) is 2.15. The maximum Gasteiger partial charge on any atom is 0.0616 e. The summed E-state index contributed by atoms with van der Waals surface area (Å²) >= 11 is 1.95. The lowest BCUT2D eigenvalue weighted by molar-refractivity contribution is 0.224. The van der Waals surface area contributed by atoms with E-state index in [-0.39, 0.29) is 6.61 Å². The van der Waals surface area contributed by atoms with Crippen molar-refractivity contribution in [3.05, 3.63) is 0 Å². The van der Waals surface area contributed by atoms with Crippen LogP contribution in [0.3, 0.4) is 0 Å². The molecule has 3 atom stereocenters. The molecule has 1 aliphatic carbocycles. The highest BCUT2D eigenvalue weighted by atomic mass is 32.2. The molecular formula is C11H23NOS. The molecule has 3 heteroatoms. The van der Waals surface area contributed by atoms with Crippen molar-refractivity contribution in [1.82, 2.24) is 0 Å². The molecule has 0 spiro atoms. The van der Waals surface area contributed by atoms with Crippen LogP contribution >= 0.6 is 11.8 Å². The van der Waals surface area contributed by atoms with Crippen LogP contribution in [0.4, 0.5) is 0 Å². The van der Waals surface area contributed by atoms with Crippen LogP contribution in [0.5, 0.6) is 0 Å². The largest absolute Gasteiger partial charge is 0.394 e. The second-order valence-corrected chi connectivity index (χ2v) is 6.31. The summed E-state index contributed by atoms with van der Waals surface area (Å²) in [5.74, 6) is 1.75. The highest BCUT2D eigenvalue weighted by Crippen LogP contribution is 2.32. The Balaban J connectivity index is 2.23. The molecule has 0 saturated heterocycles. The van der Waals surface area contributed by atoms with Gasteiger partial charge in [-0.05, 0) is 25.7 Å². The Morgan fingerprint density at radius 1 is 1.50 bits per heavy atom. The minimum atomic E-state index is -0.397. The summed E-state index contributed by atoms with van der Waals surface area (Å²) in [6.45, 7) is 4.34. The Labute approximate surface area is 91.6 Å². The third kappa shape index (κ3) is 4.20. The first kappa shape index (κ1) is 12.3. The first-order valence-corrected chi connectivity index (χ1v) is 6.60. The van der Waals surface area contributed by atoms with Gasteiger partial charge in [0.1, 0.15) is 0 Å². The van der Waals surface area contributed by atoms with Gasteiger partial charge in [-0.1, -0.05) is 19.8 Å². The van der Waals surface area contributed by atoms with Crippen LogP contribution in [-0.2, 0) is 0 Å². The fourth-order valence-electron chi connectivity index (χ4n) is 1.88. The number of nitrogens with two attached hydrogens (primary N) is 1. The lowest BCUT2D eigenvalue weighted by Gasteiger charge is -2.29. The van der Waals surface area contributed by atoms with Gasteiger partial charge >= 0.3 is 0 Å². The van der Waals surface area contributed by atoms with E-state index in [0.717, 1.165) is 16.9 Å². The minimum absolute atomic E-state index is 0.0856. The molecule has 0 bridgehead atoms. The zero-order chi connectivity index (χ0) is 10.6. The molecule has 0 aliphatic heterocycles. The summed E-state index contributed by atoms with van der Waals surface area (Å²) in [6.07, 6.45) is 5.40. The van der Waals surface area contributed by atoms with Crippen LogP contribution in [0.15, 0.2) is 0 Å². The van der Waals surface area contributed by atoms with E-state index in [4.69, 9.17) is 10.8 Å². The Morgan fingerprint density at radius 3 is 2.79 bits per heavy atom. The zero-order valence-corrected chi connectivity index (χ0v) is 10.1. The van der Waals surface area contributed by atoms with E-state index in [9.17, 15) is 0 Å². The summed E-state index contributed by atoms with van der Waals surface area (Å²) in [4.78, 5) is 0. The van der Waals surface area contributed by atoms with Crippen molar-refractivity contribution < 1.29 is 5.11 Å². The van der Waals surface area contributed by atoms with E-state index in [2.05, 4.69) is 6.92 Å². The van der Waals surface area contributed by atoms with Crippen molar-refractivity contribution in [3.8, 4) is 0 Å². The minimum Gasteiger partial charge on any atom is -0.394 e. The molecule has 0 aromatic heterocycles. The Bertz CT molecular complexity index is 173. The first-order valence-electron chi connectivity index (χ1n) is 5.55. The van der Waals surface area contributed by atoms with Gasteiger partial charge in [-0.2, -0.15) is 11.8 Å². The highest BCUT2D eigenvalue weighted by molar-refractivity contribution is 7.99. The maximum atomic E-state index is 9.04. The predicted octanol–water partition coefficient (Wildman–Crippen LogP) is 2.01. The van der Waals surface area contributed by atoms with Crippen LogP contribution in [0.1, 0.15) is 39.5 Å². The van der Waals surface area contributed by atoms with Gasteiger partial charge in [-0.25, -0.2) is 0 Å².